The first kappa shape index (κ1) is 27.7. The summed E-state index contributed by atoms with van der Waals surface area (Å²) in [4.78, 5) is 30.8. The third-order valence-electron chi connectivity index (χ3n) is 8.55. The number of carbonyl (C=O) groups is 2. The van der Waals surface area contributed by atoms with Gasteiger partial charge in [0.1, 0.15) is 5.82 Å². The van der Waals surface area contributed by atoms with Crippen molar-refractivity contribution in [1.29, 1.82) is 0 Å². The van der Waals surface area contributed by atoms with Crippen LogP contribution in [-0.4, -0.2) is 48.6 Å². The Kier molecular flexibility index (Phi) is 8.54. The van der Waals surface area contributed by atoms with Crippen molar-refractivity contribution in [2.75, 3.05) is 36.8 Å². The zero-order chi connectivity index (χ0) is 28.2. The van der Waals surface area contributed by atoms with Gasteiger partial charge in [0.25, 0.3) is 5.91 Å². The number of piperidine rings is 1. The first-order valence-electron chi connectivity index (χ1n) is 14.6. The highest BCUT2D eigenvalue weighted by molar-refractivity contribution is 8.02. The number of fused-ring (bicyclic) bond motifs is 3. The number of amides is 2. The van der Waals surface area contributed by atoms with Crippen LogP contribution in [0.4, 0.5) is 10.1 Å². The fourth-order valence-electron chi connectivity index (χ4n) is 6.27. The van der Waals surface area contributed by atoms with Crippen LogP contribution in [0, 0.1) is 17.7 Å². The number of carbonyl (C=O) groups excluding carboxylic acids is 2. The van der Waals surface area contributed by atoms with E-state index in [0.29, 0.717) is 24.4 Å². The monoisotopic (exact) mass is 569 g/mol. The maximum Gasteiger partial charge on any atom is 0.251 e. The molecule has 0 spiro atoms. The van der Waals surface area contributed by atoms with E-state index in [1.165, 1.54) is 30.5 Å². The highest BCUT2D eigenvalue weighted by atomic mass is 32.2. The predicted octanol–water partition coefficient (Wildman–Crippen LogP) is 6.15. The molecule has 1 fully saturated rings. The van der Waals surface area contributed by atoms with Crippen LogP contribution in [0.15, 0.2) is 78.2 Å². The van der Waals surface area contributed by atoms with Crippen molar-refractivity contribution in [2.45, 2.75) is 32.2 Å². The summed E-state index contributed by atoms with van der Waals surface area (Å²) in [6.07, 6.45) is 3.90. The molecule has 0 aromatic heterocycles. The van der Waals surface area contributed by atoms with Crippen LogP contribution >= 0.6 is 11.8 Å². The van der Waals surface area contributed by atoms with Crippen molar-refractivity contribution in [2.24, 2.45) is 11.8 Å². The molecule has 5 nitrogen and oxygen atoms in total. The fraction of sp³-hybridized carbons (Fsp3) is 0.353. The molecule has 41 heavy (non-hydrogen) atoms. The Morgan fingerprint density at radius 2 is 1.78 bits per heavy atom. The van der Waals surface area contributed by atoms with Crippen LogP contribution in [0.1, 0.15) is 46.3 Å². The Labute approximate surface area is 245 Å². The van der Waals surface area contributed by atoms with Crippen molar-refractivity contribution >= 4 is 34.8 Å². The zero-order valence-electron chi connectivity index (χ0n) is 23.2. The van der Waals surface area contributed by atoms with Crippen molar-refractivity contribution in [3.8, 4) is 0 Å². The topological polar surface area (TPSA) is 52.7 Å². The summed E-state index contributed by atoms with van der Waals surface area (Å²) in [5, 5.41) is 5.24. The Balaban J connectivity index is 1.10. The molecule has 0 aliphatic carbocycles. The highest BCUT2D eigenvalue weighted by Gasteiger charge is 2.34. The lowest BCUT2D eigenvalue weighted by atomic mass is 9.90. The molecule has 3 aliphatic rings. The summed E-state index contributed by atoms with van der Waals surface area (Å²) < 4.78 is 13.9. The summed E-state index contributed by atoms with van der Waals surface area (Å²) >= 11 is 1.73. The Morgan fingerprint density at radius 1 is 0.976 bits per heavy atom. The van der Waals surface area contributed by atoms with Gasteiger partial charge in [-0.15, -0.1) is 11.8 Å². The van der Waals surface area contributed by atoms with Crippen molar-refractivity contribution in [3.05, 3.63) is 106 Å². The van der Waals surface area contributed by atoms with Crippen molar-refractivity contribution in [1.82, 2.24) is 10.2 Å². The number of nitrogens with zero attached hydrogens (tertiary/aromatic N) is 2. The first-order chi connectivity index (χ1) is 20.0. The average molecular weight is 570 g/mol. The van der Waals surface area contributed by atoms with Gasteiger partial charge in [-0.25, -0.2) is 4.39 Å². The number of nitrogens with one attached hydrogen (secondary N) is 1. The standard InChI is InChI=1S/C34H36FN3O2S/c35-29-8-4-7-26(18-29)21-38-32-19-27(9-10-30(32)31-23-41-22-28(31)20-33(38)39)34(40)36-13-16-37-14-11-25(12-15-37)17-24-5-2-1-3-6-24/h1-10,18-19,23,25,28H,11-17,20-22H2,(H,36,40). The Morgan fingerprint density at radius 3 is 2.59 bits per heavy atom. The molecule has 3 heterocycles. The van der Waals surface area contributed by atoms with Crippen molar-refractivity contribution in [3.63, 3.8) is 0 Å². The van der Waals surface area contributed by atoms with E-state index in [0.717, 1.165) is 54.2 Å². The summed E-state index contributed by atoms with van der Waals surface area (Å²) in [6.45, 7) is 3.77. The maximum atomic E-state index is 13.9. The molecule has 6 rings (SSSR count). The average Bonchev–Trinajstić information content (AvgIpc) is 3.41. The second-order valence-electron chi connectivity index (χ2n) is 11.4. The molecule has 1 atom stereocenters. The Hall–Kier alpha value is -3.42. The molecule has 1 N–H and O–H groups in total. The van der Waals surface area contributed by atoms with Gasteiger partial charge in [0, 0.05) is 42.3 Å². The number of hydrogen-bond acceptors (Lipinski definition) is 4. The van der Waals surface area contributed by atoms with Gasteiger partial charge in [-0.05, 0) is 84.6 Å². The molecule has 3 aromatic carbocycles. The second-order valence-corrected chi connectivity index (χ2v) is 12.3. The van der Waals surface area contributed by atoms with Gasteiger partial charge in [0.2, 0.25) is 5.91 Å². The third-order valence-corrected chi connectivity index (χ3v) is 9.56. The molecule has 3 aromatic rings. The first-order valence-corrected chi connectivity index (χ1v) is 15.6. The minimum atomic E-state index is -0.325. The summed E-state index contributed by atoms with van der Waals surface area (Å²) in [7, 11) is 0. The lowest BCUT2D eigenvalue weighted by Gasteiger charge is -2.32. The molecule has 1 saturated heterocycles. The quantitative estimate of drug-likeness (QED) is 0.354. The van der Waals surface area contributed by atoms with E-state index >= 15 is 0 Å². The van der Waals surface area contributed by atoms with Crippen LogP contribution in [0.25, 0.3) is 5.57 Å². The van der Waals surface area contributed by atoms with Crippen LogP contribution < -0.4 is 10.2 Å². The molecule has 212 valence electrons. The normalized spacial score (nSPS) is 19.3. The predicted molar refractivity (Wildman–Crippen MR) is 164 cm³/mol. The van der Waals surface area contributed by atoms with Crippen LogP contribution in [-0.2, 0) is 17.8 Å². The van der Waals surface area contributed by atoms with E-state index in [4.69, 9.17) is 0 Å². The van der Waals surface area contributed by atoms with Crippen LogP contribution in [0.5, 0.6) is 0 Å². The van der Waals surface area contributed by atoms with Crippen molar-refractivity contribution < 1.29 is 14.0 Å². The van der Waals surface area contributed by atoms with E-state index in [1.54, 1.807) is 22.7 Å². The summed E-state index contributed by atoms with van der Waals surface area (Å²) in [5.41, 5.74) is 5.53. The number of anilines is 1. The van der Waals surface area contributed by atoms with E-state index < -0.39 is 0 Å². The maximum absolute atomic E-state index is 13.9. The zero-order valence-corrected chi connectivity index (χ0v) is 24.0. The third kappa shape index (κ3) is 6.57. The number of likely N-dealkylation sites (tertiary alicyclic amines) is 1. The van der Waals surface area contributed by atoms with Crippen LogP contribution in [0.3, 0.4) is 0 Å². The van der Waals surface area contributed by atoms with Gasteiger partial charge < -0.3 is 15.1 Å². The Bertz CT molecular complexity index is 1430. The lowest BCUT2D eigenvalue weighted by Crippen LogP contribution is -2.40. The van der Waals surface area contributed by atoms with Gasteiger partial charge in [-0.1, -0.05) is 48.5 Å². The molecule has 7 heteroatoms. The molecule has 0 radical (unpaired) electrons. The van der Waals surface area contributed by atoms with E-state index in [-0.39, 0.29) is 30.1 Å². The molecular formula is C34H36FN3O2S. The number of halogens is 1. The summed E-state index contributed by atoms with van der Waals surface area (Å²) in [5.74, 6) is 1.28. The number of rotatable bonds is 8. The van der Waals surface area contributed by atoms with E-state index in [2.05, 4.69) is 46.0 Å². The number of hydrogen-bond donors (Lipinski definition) is 1. The number of thioether (sulfide) groups is 1. The van der Waals surface area contributed by atoms with E-state index in [1.807, 2.05) is 24.3 Å². The van der Waals surface area contributed by atoms with Gasteiger partial charge >= 0.3 is 0 Å². The fourth-order valence-corrected chi connectivity index (χ4v) is 7.40. The van der Waals surface area contributed by atoms with Gasteiger partial charge in [0.05, 0.1) is 12.2 Å². The molecule has 2 amide bonds. The summed E-state index contributed by atoms with van der Waals surface area (Å²) in [6, 6.07) is 22.8. The minimum absolute atomic E-state index is 0.000337. The molecular weight excluding hydrogens is 533 g/mol. The molecule has 3 aliphatic heterocycles. The number of benzene rings is 3. The molecule has 0 saturated carbocycles. The van der Waals surface area contributed by atoms with Gasteiger partial charge in [-0.2, -0.15) is 0 Å². The second kappa shape index (κ2) is 12.6. The minimum Gasteiger partial charge on any atom is -0.351 e. The van der Waals surface area contributed by atoms with Gasteiger partial charge in [0.15, 0.2) is 0 Å². The number of allylic oxidation sites excluding steroid dienone is 1. The molecule has 0 bridgehead atoms. The highest BCUT2D eigenvalue weighted by Crippen LogP contribution is 2.45. The lowest BCUT2D eigenvalue weighted by molar-refractivity contribution is -0.119. The van der Waals surface area contributed by atoms with E-state index in [9.17, 15) is 14.0 Å². The SMILES string of the molecule is O=C(NCCN1CCC(Cc2ccccc2)CC1)c1ccc2c(c1)N(Cc1cccc(F)c1)C(=O)CC1CSC=C21. The largest absolute Gasteiger partial charge is 0.351 e. The molecule has 1 unspecified atom stereocenters. The smallest absolute Gasteiger partial charge is 0.251 e. The van der Waals surface area contributed by atoms with Gasteiger partial charge in [-0.3, -0.25) is 9.59 Å². The van der Waals surface area contributed by atoms with Crippen LogP contribution in [0.2, 0.25) is 0 Å².